The molecular weight excluding hydrogens is 210 g/mol. The normalized spacial score (nSPS) is 10.7. The van der Waals surface area contributed by atoms with Crippen LogP contribution < -0.4 is 0 Å². The van der Waals surface area contributed by atoms with Gasteiger partial charge < -0.3 is 0 Å². The van der Waals surface area contributed by atoms with E-state index >= 15 is 0 Å². The van der Waals surface area contributed by atoms with Crippen LogP contribution in [0.5, 0.6) is 0 Å². The summed E-state index contributed by atoms with van der Waals surface area (Å²) < 4.78 is 1.78. The van der Waals surface area contributed by atoms with E-state index in [-0.39, 0.29) is 0 Å². The summed E-state index contributed by atoms with van der Waals surface area (Å²) in [5, 5.41) is 5.05. The Morgan fingerprint density at radius 3 is 2.47 bits per heavy atom. The molecule has 0 saturated carbocycles. The summed E-state index contributed by atoms with van der Waals surface area (Å²) in [6.07, 6.45) is 1.79. The van der Waals surface area contributed by atoms with Crippen molar-refractivity contribution in [3.63, 3.8) is 0 Å². The van der Waals surface area contributed by atoms with Crippen LogP contribution in [0.3, 0.4) is 0 Å². The van der Waals surface area contributed by atoms with Crippen LogP contribution in [-0.2, 0) is 7.05 Å². The van der Waals surface area contributed by atoms with E-state index in [0.29, 0.717) is 5.02 Å². The van der Waals surface area contributed by atoms with Crippen molar-refractivity contribution in [1.82, 2.24) is 14.8 Å². The third-order valence-corrected chi connectivity index (χ3v) is 2.90. The first kappa shape index (κ1) is 10.2. The maximum Gasteiger partial charge on any atom is 0.113 e. The molecule has 0 aliphatic carbocycles. The van der Waals surface area contributed by atoms with Gasteiger partial charge in [-0.2, -0.15) is 5.10 Å². The molecule has 0 fully saturated rings. The summed E-state index contributed by atoms with van der Waals surface area (Å²) in [6.45, 7) is 3.90. The molecule has 2 aromatic rings. The molecule has 0 amide bonds. The molecule has 0 aliphatic rings. The van der Waals surface area contributed by atoms with E-state index in [1.807, 2.05) is 33.0 Å². The Hall–Kier alpha value is -1.35. The minimum Gasteiger partial charge on any atom is -0.271 e. The number of aryl methyl sites for hydroxylation is 2. The maximum atomic E-state index is 6.18. The first-order valence-corrected chi connectivity index (χ1v) is 5.09. The Morgan fingerprint density at radius 2 is 2.00 bits per heavy atom. The molecule has 0 radical (unpaired) electrons. The van der Waals surface area contributed by atoms with Gasteiger partial charge in [-0.1, -0.05) is 11.6 Å². The lowest BCUT2D eigenvalue weighted by Crippen LogP contribution is -1.92. The van der Waals surface area contributed by atoms with Gasteiger partial charge in [0.1, 0.15) is 5.69 Å². The molecule has 4 heteroatoms. The van der Waals surface area contributed by atoms with Gasteiger partial charge in [-0.25, -0.2) is 0 Å². The van der Waals surface area contributed by atoms with Crippen LogP contribution in [0.25, 0.3) is 11.3 Å². The van der Waals surface area contributed by atoms with Gasteiger partial charge in [0.25, 0.3) is 0 Å². The quantitative estimate of drug-likeness (QED) is 0.742. The zero-order chi connectivity index (χ0) is 11.0. The average molecular weight is 222 g/mol. The van der Waals surface area contributed by atoms with Crippen molar-refractivity contribution in [1.29, 1.82) is 0 Å². The van der Waals surface area contributed by atoms with Crippen molar-refractivity contribution in [3.05, 3.63) is 34.7 Å². The molecule has 2 rings (SSSR count). The van der Waals surface area contributed by atoms with Gasteiger partial charge in [-0.15, -0.1) is 0 Å². The first-order valence-electron chi connectivity index (χ1n) is 4.71. The van der Waals surface area contributed by atoms with Crippen LogP contribution in [0.2, 0.25) is 5.02 Å². The van der Waals surface area contributed by atoms with Crippen molar-refractivity contribution in [2.45, 2.75) is 13.8 Å². The van der Waals surface area contributed by atoms with Gasteiger partial charge in [0.2, 0.25) is 0 Å². The minimum absolute atomic E-state index is 0.697. The SMILES string of the molecule is Cc1ccc(-c2nn(C)c(C)c2Cl)cn1. The highest BCUT2D eigenvalue weighted by Crippen LogP contribution is 2.28. The van der Waals surface area contributed by atoms with Crippen LogP contribution in [0.4, 0.5) is 0 Å². The molecule has 0 bridgehead atoms. The lowest BCUT2D eigenvalue weighted by Gasteiger charge is -1.97. The second-order valence-electron chi connectivity index (χ2n) is 3.56. The standard InChI is InChI=1S/C11H12ClN3/c1-7-4-5-9(6-13-7)11-10(12)8(2)15(3)14-11/h4-6H,1-3H3. The Balaban J connectivity index is 2.54. The molecule has 0 atom stereocenters. The third-order valence-electron chi connectivity index (χ3n) is 2.45. The van der Waals surface area contributed by atoms with Crippen molar-refractivity contribution >= 4 is 11.6 Å². The number of nitrogens with zero attached hydrogens (tertiary/aromatic N) is 3. The molecule has 0 aromatic carbocycles. The van der Waals surface area contributed by atoms with Gasteiger partial charge in [-0.3, -0.25) is 9.67 Å². The number of hydrogen-bond acceptors (Lipinski definition) is 2. The van der Waals surface area contributed by atoms with E-state index in [0.717, 1.165) is 22.6 Å². The molecule has 78 valence electrons. The number of aromatic nitrogens is 3. The summed E-state index contributed by atoms with van der Waals surface area (Å²) in [5.74, 6) is 0. The van der Waals surface area contributed by atoms with Crippen molar-refractivity contribution < 1.29 is 0 Å². The second kappa shape index (κ2) is 3.66. The average Bonchev–Trinajstić information content (AvgIpc) is 2.47. The van der Waals surface area contributed by atoms with Crippen LogP contribution in [0.1, 0.15) is 11.4 Å². The second-order valence-corrected chi connectivity index (χ2v) is 3.94. The van der Waals surface area contributed by atoms with E-state index in [4.69, 9.17) is 11.6 Å². The molecular formula is C11H12ClN3. The molecule has 0 spiro atoms. The van der Waals surface area contributed by atoms with E-state index in [2.05, 4.69) is 10.1 Å². The number of pyridine rings is 1. The fourth-order valence-electron chi connectivity index (χ4n) is 1.37. The third kappa shape index (κ3) is 1.75. The zero-order valence-electron chi connectivity index (χ0n) is 8.95. The fourth-order valence-corrected chi connectivity index (χ4v) is 1.64. The zero-order valence-corrected chi connectivity index (χ0v) is 9.71. The van der Waals surface area contributed by atoms with Gasteiger partial charge in [0, 0.05) is 24.5 Å². The Kier molecular flexibility index (Phi) is 2.49. The molecule has 2 aromatic heterocycles. The molecule has 0 aliphatic heterocycles. The van der Waals surface area contributed by atoms with Crippen LogP contribution in [0, 0.1) is 13.8 Å². The van der Waals surface area contributed by atoms with E-state index in [1.54, 1.807) is 10.9 Å². The van der Waals surface area contributed by atoms with Gasteiger partial charge in [0.05, 0.1) is 10.7 Å². The van der Waals surface area contributed by atoms with E-state index in [9.17, 15) is 0 Å². The topological polar surface area (TPSA) is 30.7 Å². The summed E-state index contributed by atoms with van der Waals surface area (Å²) in [4.78, 5) is 4.23. The lowest BCUT2D eigenvalue weighted by atomic mass is 10.2. The predicted octanol–water partition coefficient (Wildman–Crippen LogP) is 2.75. The number of rotatable bonds is 1. The molecule has 0 saturated heterocycles. The van der Waals surface area contributed by atoms with Crippen molar-refractivity contribution in [2.24, 2.45) is 7.05 Å². The summed E-state index contributed by atoms with van der Waals surface area (Å²) in [6, 6.07) is 3.94. The highest BCUT2D eigenvalue weighted by Gasteiger charge is 2.12. The molecule has 0 N–H and O–H groups in total. The van der Waals surface area contributed by atoms with Gasteiger partial charge in [0.15, 0.2) is 0 Å². The summed E-state index contributed by atoms with van der Waals surface area (Å²) >= 11 is 6.18. The lowest BCUT2D eigenvalue weighted by molar-refractivity contribution is 0.742. The highest BCUT2D eigenvalue weighted by molar-refractivity contribution is 6.33. The summed E-state index contributed by atoms with van der Waals surface area (Å²) in [5.41, 5.74) is 3.70. The molecule has 3 nitrogen and oxygen atoms in total. The monoisotopic (exact) mass is 221 g/mol. The number of hydrogen-bond donors (Lipinski definition) is 0. The van der Waals surface area contributed by atoms with E-state index < -0.39 is 0 Å². The van der Waals surface area contributed by atoms with Crippen LogP contribution in [0.15, 0.2) is 18.3 Å². The Labute approximate surface area is 93.7 Å². The van der Waals surface area contributed by atoms with Crippen molar-refractivity contribution in [3.8, 4) is 11.3 Å². The minimum atomic E-state index is 0.697. The highest BCUT2D eigenvalue weighted by atomic mass is 35.5. The van der Waals surface area contributed by atoms with Gasteiger partial charge >= 0.3 is 0 Å². The van der Waals surface area contributed by atoms with Crippen LogP contribution >= 0.6 is 11.6 Å². The fraction of sp³-hybridized carbons (Fsp3) is 0.273. The smallest absolute Gasteiger partial charge is 0.113 e. The van der Waals surface area contributed by atoms with Crippen LogP contribution in [-0.4, -0.2) is 14.8 Å². The predicted molar refractivity (Wildman–Crippen MR) is 60.9 cm³/mol. The number of halogens is 1. The maximum absolute atomic E-state index is 6.18. The molecule has 2 heterocycles. The Bertz CT molecular complexity index is 485. The Morgan fingerprint density at radius 1 is 1.27 bits per heavy atom. The largest absolute Gasteiger partial charge is 0.271 e. The van der Waals surface area contributed by atoms with Gasteiger partial charge in [-0.05, 0) is 26.0 Å². The molecule has 0 unspecified atom stereocenters. The molecule has 15 heavy (non-hydrogen) atoms. The van der Waals surface area contributed by atoms with E-state index in [1.165, 1.54) is 0 Å². The summed E-state index contributed by atoms with van der Waals surface area (Å²) in [7, 11) is 1.88. The first-order chi connectivity index (χ1) is 7.09. The van der Waals surface area contributed by atoms with Crippen molar-refractivity contribution in [2.75, 3.05) is 0 Å².